The average Bonchev–Trinajstić information content (AvgIpc) is 3.14. The lowest BCUT2D eigenvalue weighted by atomic mass is 10.2. The Morgan fingerprint density at radius 2 is 0.588 bits per heavy atom. The van der Waals surface area contributed by atoms with Gasteiger partial charge in [0.2, 0.25) is 0 Å². The van der Waals surface area contributed by atoms with E-state index in [0.717, 1.165) is 5.56 Å². The van der Waals surface area contributed by atoms with Gasteiger partial charge in [-0.3, -0.25) is 0 Å². The molecule has 0 N–H and O–H groups in total. The van der Waals surface area contributed by atoms with Crippen LogP contribution in [0.4, 0.5) is 0 Å². The van der Waals surface area contributed by atoms with E-state index in [1.54, 1.807) is 84.9 Å². The van der Waals surface area contributed by atoms with Gasteiger partial charge in [0.25, 0.3) is 0 Å². The number of rotatable bonds is 13. The zero-order chi connectivity index (χ0) is 34.8. The maximum atomic E-state index is 9.27. The minimum Gasteiger partial charge on any atom is -0.413 e. The summed E-state index contributed by atoms with van der Waals surface area (Å²) in [7, 11) is -11.8. The lowest BCUT2D eigenvalue weighted by Crippen LogP contribution is -2.11. The van der Waals surface area contributed by atoms with E-state index in [9.17, 15) is 5.26 Å². The van der Waals surface area contributed by atoms with Crippen LogP contribution in [0.5, 0.6) is 34.5 Å². The smallest absolute Gasteiger partial charge is 0.413 e. The number of nitrogens with zero attached hydrogens (tertiary/aromatic N) is 4. The van der Waals surface area contributed by atoms with Crippen LogP contribution in [0.1, 0.15) is 5.56 Å². The van der Waals surface area contributed by atoms with Crippen LogP contribution in [-0.4, -0.2) is 0 Å². The Morgan fingerprint density at radius 3 is 0.824 bits per heavy atom. The Labute approximate surface area is 296 Å². The highest BCUT2D eigenvalue weighted by atomic mass is 31.3. The number of para-hydroxylation sites is 5. The summed E-state index contributed by atoms with van der Waals surface area (Å²) in [6.07, 6.45) is 0.240. The van der Waals surface area contributed by atoms with E-state index in [0.29, 0.717) is 34.5 Å². The van der Waals surface area contributed by atoms with Gasteiger partial charge in [-0.1, -0.05) is 117 Å². The van der Waals surface area contributed by atoms with Crippen LogP contribution in [0.15, 0.2) is 189 Å². The van der Waals surface area contributed by atoms with Gasteiger partial charge in [0.05, 0.1) is 12.5 Å². The van der Waals surface area contributed by atoms with Crippen LogP contribution in [0.2, 0.25) is 0 Å². The molecule has 1 unspecified atom stereocenters. The molecule has 1 heterocycles. The largest absolute Gasteiger partial charge is 0.460 e. The molecule has 6 aromatic rings. The van der Waals surface area contributed by atoms with Crippen molar-refractivity contribution in [2.24, 2.45) is 13.5 Å². The van der Waals surface area contributed by atoms with Crippen molar-refractivity contribution >= 4 is 23.0 Å². The first kappa shape index (κ1) is 33.8. The monoisotopic (exact) mass is 732 g/mol. The average molecular weight is 733 g/mol. The fourth-order valence-electron chi connectivity index (χ4n) is 4.75. The van der Waals surface area contributed by atoms with E-state index in [2.05, 4.69) is 6.07 Å². The molecular weight excluding hydrogens is 701 g/mol. The molecule has 1 aliphatic rings. The van der Waals surface area contributed by atoms with E-state index >= 15 is 0 Å². The summed E-state index contributed by atoms with van der Waals surface area (Å²) < 4.78 is 56.1. The van der Waals surface area contributed by atoms with Gasteiger partial charge in [-0.25, -0.2) is 0 Å². The number of nitriles is 1. The number of hydrogen-bond donors (Lipinski definition) is 0. The standard InChI is InChI=1S/C38H31N4O6P3/c39-31-30-32-26-28-38(29-27-32)48-51(47-37-24-14-5-15-25-37)41-49(43-33-16-6-1-7-17-33,44-34-18-8-2-9-19-34)40-50(42-51,45-35-20-10-3-11-21-35)46-36-22-12-4-13-23-36/h1-29H,30H2. The molecule has 0 aliphatic carbocycles. The predicted octanol–water partition coefficient (Wildman–Crippen LogP) is 12.4. The van der Waals surface area contributed by atoms with E-state index < -0.39 is 23.0 Å². The highest BCUT2D eigenvalue weighted by Crippen LogP contribution is 2.78. The maximum Gasteiger partial charge on any atom is 0.460 e. The number of hydrogen-bond acceptors (Lipinski definition) is 10. The summed E-state index contributed by atoms with van der Waals surface area (Å²) >= 11 is 0. The molecule has 0 aromatic heterocycles. The summed E-state index contributed by atoms with van der Waals surface area (Å²) in [6.45, 7) is 0. The molecule has 0 radical (unpaired) electrons. The van der Waals surface area contributed by atoms with Crippen molar-refractivity contribution in [3.8, 4) is 40.6 Å². The van der Waals surface area contributed by atoms with Crippen molar-refractivity contribution in [3.05, 3.63) is 181 Å². The van der Waals surface area contributed by atoms with Crippen molar-refractivity contribution in [1.29, 1.82) is 5.26 Å². The lowest BCUT2D eigenvalue weighted by Gasteiger charge is -2.33. The van der Waals surface area contributed by atoms with Crippen LogP contribution in [0.25, 0.3) is 0 Å². The molecule has 0 saturated heterocycles. The normalized spacial score (nSPS) is 16.8. The van der Waals surface area contributed by atoms with Gasteiger partial charge in [0.15, 0.2) is 0 Å². The summed E-state index contributed by atoms with van der Waals surface area (Å²) in [4.78, 5) is 0. The predicted molar refractivity (Wildman–Crippen MR) is 200 cm³/mol. The molecule has 0 saturated carbocycles. The molecule has 0 bridgehead atoms. The van der Waals surface area contributed by atoms with Crippen LogP contribution < -0.4 is 27.1 Å². The van der Waals surface area contributed by atoms with Crippen molar-refractivity contribution in [3.63, 3.8) is 0 Å². The van der Waals surface area contributed by atoms with Gasteiger partial charge in [0, 0.05) is 0 Å². The fourth-order valence-corrected chi connectivity index (χ4v) is 13.8. The van der Waals surface area contributed by atoms with E-state index in [4.69, 9.17) is 40.7 Å². The third-order valence-corrected chi connectivity index (χ3v) is 15.1. The molecular formula is C38H31N4O6P3. The second kappa shape index (κ2) is 15.5. The zero-order valence-corrected chi connectivity index (χ0v) is 29.7. The van der Waals surface area contributed by atoms with Crippen molar-refractivity contribution in [2.75, 3.05) is 0 Å². The summed E-state index contributed by atoms with van der Waals surface area (Å²) in [5.74, 6) is 2.56. The Morgan fingerprint density at radius 1 is 0.353 bits per heavy atom. The molecule has 254 valence electrons. The fraction of sp³-hybridized carbons (Fsp3) is 0.0263. The van der Waals surface area contributed by atoms with Gasteiger partial charge in [-0.05, 0) is 78.4 Å². The summed E-state index contributed by atoms with van der Waals surface area (Å²) in [6, 6.07) is 54.9. The van der Waals surface area contributed by atoms with E-state index in [1.165, 1.54) is 0 Å². The summed E-state index contributed by atoms with van der Waals surface area (Å²) in [5.41, 5.74) is 0.817. The Bertz CT molecular complexity index is 2100. The topological polar surface area (TPSA) is 116 Å². The van der Waals surface area contributed by atoms with Crippen LogP contribution >= 0.6 is 23.0 Å². The first-order valence-corrected chi connectivity index (χ1v) is 20.4. The minimum atomic E-state index is -3.97. The molecule has 0 spiro atoms. The van der Waals surface area contributed by atoms with E-state index in [-0.39, 0.29) is 6.42 Å². The minimum absolute atomic E-state index is 0.240. The second-order valence-corrected chi connectivity index (χ2v) is 17.0. The molecule has 0 amide bonds. The summed E-state index contributed by atoms with van der Waals surface area (Å²) in [5, 5.41) is 9.27. The molecule has 6 aromatic carbocycles. The van der Waals surface area contributed by atoms with Crippen LogP contribution in [0, 0.1) is 11.3 Å². The molecule has 10 nitrogen and oxygen atoms in total. The molecule has 51 heavy (non-hydrogen) atoms. The zero-order valence-electron chi connectivity index (χ0n) is 27.0. The molecule has 1 aliphatic heterocycles. The Balaban J connectivity index is 1.54. The van der Waals surface area contributed by atoms with Crippen molar-refractivity contribution < 1.29 is 27.1 Å². The highest BCUT2D eigenvalue weighted by Gasteiger charge is 2.48. The molecule has 7 rings (SSSR count). The van der Waals surface area contributed by atoms with E-state index in [1.807, 2.05) is 91.0 Å². The molecule has 0 fully saturated rings. The second-order valence-electron chi connectivity index (χ2n) is 10.8. The third kappa shape index (κ3) is 8.73. The van der Waals surface area contributed by atoms with Crippen LogP contribution in [-0.2, 0) is 6.42 Å². The van der Waals surface area contributed by atoms with Gasteiger partial charge >= 0.3 is 23.0 Å². The Hall–Kier alpha value is -5.70. The molecule has 13 heteroatoms. The van der Waals surface area contributed by atoms with Crippen molar-refractivity contribution in [2.45, 2.75) is 6.42 Å². The SMILES string of the molecule is N#CCc1ccc(OP2(Oc3ccccc3)=NP(Oc3ccccc3)(Oc3ccccc3)=NP(Oc3ccccc3)(Oc3ccccc3)=N2)cc1. The van der Waals surface area contributed by atoms with Gasteiger partial charge < -0.3 is 27.1 Å². The number of benzene rings is 6. The first-order valence-electron chi connectivity index (χ1n) is 15.8. The first-order chi connectivity index (χ1) is 25.0. The lowest BCUT2D eigenvalue weighted by molar-refractivity contribution is 0.443. The van der Waals surface area contributed by atoms with Gasteiger partial charge in [-0.2, -0.15) is 5.26 Å². The van der Waals surface area contributed by atoms with Crippen molar-refractivity contribution in [1.82, 2.24) is 0 Å². The Kier molecular flexibility index (Phi) is 10.2. The van der Waals surface area contributed by atoms with Gasteiger partial charge in [0.1, 0.15) is 34.5 Å². The third-order valence-electron chi connectivity index (χ3n) is 6.95. The maximum absolute atomic E-state index is 9.27. The molecule has 1 atom stereocenters. The van der Waals surface area contributed by atoms with Gasteiger partial charge in [-0.15, -0.1) is 0 Å². The van der Waals surface area contributed by atoms with Crippen LogP contribution in [0.3, 0.4) is 0 Å². The quantitative estimate of drug-likeness (QED) is 0.108. The highest BCUT2D eigenvalue weighted by molar-refractivity contribution is 7.79.